The highest BCUT2D eigenvalue weighted by molar-refractivity contribution is 7.80. The number of carbonyl (C=O) groups is 2. The Morgan fingerprint density at radius 2 is 1.77 bits per heavy atom. The fourth-order valence-corrected chi connectivity index (χ4v) is 2.93. The fourth-order valence-electron chi connectivity index (χ4n) is 2.58. The van der Waals surface area contributed by atoms with Gasteiger partial charge in [0, 0.05) is 11.6 Å². The third-order valence-corrected chi connectivity index (χ3v) is 4.56. The van der Waals surface area contributed by atoms with Crippen molar-refractivity contribution in [2.24, 2.45) is 0 Å². The van der Waals surface area contributed by atoms with Crippen LogP contribution in [0, 0.1) is 10.1 Å². The van der Waals surface area contributed by atoms with Crippen LogP contribution >= 0.6 is 23.8 Å². The number of fused-ring (bicyclic) bond motifs is 1. The Balaban J connectivity index is 1.47. The molecular formula is C20H15ClN4O5S. The molecule has 0 unspecified atom stereocenters. The zero-order valence-corrected chi connectivity index (χ0v) is 17.3. The molecule has 0 radical (unpaired) electrons. The van der Waals surface area contributed by atoms with Crippen LogP contribution in [0.15, 0.2) is 60.7 Å². The summed E-state index contributed by atoms with van der Waals surface area (Å²) in [6.07, 6.45) is 0. The van der Waals surface area contributed by atoms with Gasteiger partial charge in [-0.1, -0.05) is 41.9 Å². The van der Waals surface area contributed by atoms with E-state index >= 15 is 0 Å². The predicted molar refractivity (Wildman–Crippen MR) is 119 cm³/mol. The largest absolute Gasteiger partial charge is 0.484 e. The highest BCUT2D eigenvalue weighted by atomic mass is 35.5. The highest BCUT2D eigenvalue weighted by Crippen LogP contribution is 2.25. The maximum atomic E-state index is 12.1. The predicted octanol–water partition coefficient (Wildman–Crippen LogP) is 3.12. The van der Waals surface area contributed by atoms with Crippen LogP contribution in [-0.2, 0) is 4.79 Å². The molecule has 0 bridgehead atoms. The van der Waals surface area contributed by atoms with Crippen molar-refractivity contribution in [1.82, 2.24) is 16.2 Å². The maximum Gasteiger partial charge on any atom is 0.288 e. The summed E-state index contributed by atoms with van der Waals surface area (Å²) in [5, 5.41) is 15.0. The first-order valence-corrected chi connectivity index (χ1v) is 9.58. The molecule has 2 amide bonds. The average Bonchev–Trinajstić information content (AvgIpc) is 2.76. The summed E-state index contributed by atoms with van der Waals surface area (Å²) >= 11 is 10.7. The normalized spacial score (nSPS) is 10.2. The van der Waals surface area contributed by atoms with Gasteiger partial charge in [0.1, 0.15) is 10.8 Å². The number of hydrogen-bond donors (Lipinski definition) is 3. The van der Waals surface area contributed by atoms with Crippen molar-refractivity contribution >= 4 is 57.2 Å². The molecule has 9 nitrogen and oxygen atoms in total. The number of hydrogen-bond acceptors (Lipinski definition) is 6. The number of carbonyl (C=O) groups excluding carboxylic acids is 2. The molecule has 3 N–H and O–H groups in total. The van der Waals surface area contributed by atoms with Gasteiger partial charge < -0.3 is 4.74 Å². The number of nitrogens with one attached hydrogen (secondary N) is 3. The molecule has 3 aromatic carbocycles. The quantitative estimate of drug-likeness (QED) is 0.305. The molecule has 0 atom stereocenters. The van der Waals surface area contributed by atoms with Gasteiger partial charge in [-0.05, 0) is 47.3 Å². The first-order valence-electron chi connectivity index (χ1n) is 8.79. The Morgan fingerprint density at radius 3 is 2.52 bits per heavy atom. The van der Waals surface area contributed by atoms with Crippen molar-refractivity contribution in [3.05, 3.63) is 81.4 Å². The Labute approximate surface area is 186 Å². The van der Waals surface area contributed by atoms with E-state index in [1.54, 1.807) is 6.07 Å². The third-order valence-electron chi connectivity index (χ3n) is 4.04. The van der Waals surface area contributed by atoms with Gasteiger partial charge in [-0.25, -0.2) is 0 Å². The molecule has 11 heteroatoms. The molecule has 0 heterocycles. The number of rotatable bonds is 5. The highest BCUT2D eigenvalue weighted by Gasteiger charge is 2.16. The Morgan fingerprint density at radius 1 is 1.03 bits per heavy atom. The van der Waals surface area contributed by atoms with Crippen LogP contribution in [0.2, 0.25) is 5.02 Å². The molecule has 0 saturated heterocycles. The summed E-state index contributed by atoms with van der Waals surface area (Å²) in [4.78, 5) is 34.3. The van der Waals surface area contributed by atoms with Gasteiger partial charge in [-0.15, -0.1) is 0 Å². The van der Waals surface area contributed by atoms with Gasteiger partial charge in [0.2, 0.25) is 0 Å². The molecule has 3 rings (SSSR count). The van der Waals surface area contributed by atoms with E-state index in [-0.39, 0.29) is 22.3 Å². The molecule has 0 saturated carbocycles. The van der Waals surface area contributed by atoms with Crippen LogP contribution in [-0.4, -0.2) is 28.5 Å². The van der Waals surface area contributed by atoms with Crippen molar-refractivity contribution < 1.29 is 19.2 Å². The third kappa shape index (κ3) is 5.87. The minimum Gasteiger partial charge on any atom is -0.484 e. The van der Waals surface area contributed by atoms with Crippen molar-refractivity contribution in [2.75, 3.05) is 6.61 Å². The van der Waals surface area contributed by atoms with E-state index < -0.39 is 22.4 Å². The van der Waals surface area contributed by atoms with Crippen molar-refractivity contribution in [2.45, 2.75) is 0 Å². The molecule has 0 aliphatic rings. The van der Waals surface area contributed by atoms with E-state index in [4.69, 9.17) is 28.6 Å². The Kier molecular flexibility index (Phi) is 6.96. The van der Waals surface area contributed by atoms with Gasteiger partial charge in [-0.2, -0.15) is 0 Å². The van der Waals surface area contributed by atoms with E-state index in [0.717, 1.165) is 16.8 Å². The van der Waals surface area contributed by atoms with Crippen LogP contribution in [0.1, 0.15) is 10.4 Å². The number of benzene rings is 3. The zero-order valence-electron chi connectivity index (χ0n) is 15.8. The lowest BCUT2D eigenvalue weighted by molar-refractivity contribution is -0.384. The van der Waals surface area contributed by atoms with Crippen molar-refractivity contribution in [3.63, 3.8) is 0 Å². The Bertz CT molecular complexity index is 1190. The van der Waals surface area contributed by atoms with E-state index in [2.05, 4.69) is 16.2 Å². The van der Waals surface area contributed by atoms with Crippen LogP contribution in [0.25, 0.3) is 10.8 Å². The number of hydrazine groups is 1. The second kappa shape index (κ2) is 9.83. The minimum atomic E-state index is -0.705. The van der Waals surface area contributed by atoms with Gasteiger partial charge in [0.25, 0.3) is 17.5 Å². The summed E-state index contributed by atoms with van der Waals surface area (Å²) in [5.41, 5.74) is 4.15. The van der Waals surface area contributed by atoms with Crippen LogP contribution in [0.4, 0.5) is 5.69 Å². The molecular weight excluding hydrogens is 444 g/mol. The average molecular weight is 459 g/mol. The molecule has 0 fully saturated rings. The summed E-state index contributed by atoms with van der Waals surface area (Å²) in [6.45, 7) is -0.294. The molecule has 0 spiro atoms. The van der Waals surface area contributed by atoms with E-state index in [1.165, 1.54) is 12.1 Å². The fraction of sp³-hybridized carbons (Fsp3) is 0.0500. The maximum absolute atomic E-state index is 12.1. The molecule has 31 heavy (non-hydrogen) atoms. The lowest BCUT2D eigenvalue weighted by atomic mass is 10.1. The van der Waals surface area contributed by atoms with E-state index in [1.807, 2.05) is 36.4 Å². The van der Waals surface area contributed by atoms with Gasteiger partial charge in [0.05, 0.1) is 4.92 Å². The summed E-state index contributed by atoms with van der Waals surface area (Å²) in [6, 6.07) is 16.7. The lowest BCUT2D eigenvalue weighted by Gasteiger charge is -2.11. The second-order valence-electron chi connectivity index (χ2n) is 6.18. The van der Waals surface area contributed by atoms with E-state index in [0.29, 0.717) is 5.75 Å². The number of amides is 2. The minimum absolute atomic E-state index is 0.0163. The molecule has 0 aliphatic heterocycles. The molecule has 158 valence electrons. The SMILES string of the molecule is O=C(COc1ccc2ccccc2c1)NC(=S)NNC(=O)c1ccc(Cl)c([N+](=O)[O-])c1. The van der Waals surface area contributed by atoms with E-state index in [9.17, 15) is 19.7 Å². The number of halogens is 1. The zero-order chi connectivity index (χ0) is 22.4. The van der Waals surface area contributed by atoms with Gasteiger partial charge in [-0.3, -0.25) is 35.9 Å². The first kappa shape index (κ1) is 21.9. The standard InChI is InChI=1S/C20H15ClN4O5S/c21-16-8-6-14(10-17(16)25(28)29)19(27)23-24-20(31)22-18(26)11-30-15-7-5-12-3-1-2-4-13(12)9-15/h1-10H,11H2,(H,23,27)(H2,22,24,26,31). The molecule has 3 aromatic rings. The van der Waals surface area contributed by atoms with Crippen LogP contribution in [0.3, 0.4) is 0 Å². The van der Waals surface area contributed by atoms with Gasteiger partial charge in [0.15, 0.2) is 11.7 Å². The smallest absolute Gasteiger partial charge is 0.288 e. The summed E-state index contributed by atoms with van der Waals surface area (Å²) in [7, 11) is 0. The van der Waals surface area contributed by atoms with Crippen molar-refractivity contribution in [3.8, 4) is 5.75 Å². The van der Waals surface area contributed by atoms with Crippen molar-refractivity contribution in [1.29, 1.82) is 0 Å². The van der Waals surface area contributed by atoms with Crippen LogP contribution < -0.4 is 20.9 Å². The number of nitro groups is 1. The number of nitrogens with zero attached hydrogens (tertiary/aromatic N) is 1. The monoisotopic (exact) mass is 458 g/mol. The number of ether oxygens (including phenoxy) is 1. The number of nitro benzene ring substituents is 1. The Hall–Kier alpha value is -3.76. The number of thiocarbonyl (C=S) groups is 1. The lowest BCUT2D eigenvalue weighted by Crippen LogP contribution is -2.49. The van der Waals surface area contributed by atoms with Gasteiger partial charge >= 0.3 is 0 Å². The molecule has 0 aliphatic carbocycles. The topological polar surface area (TPSA) is 123 Å². The van der Waals surface area contributed by atoms with Crippen LogP contribution in [0.5, 0.6) is 5.75 Å². The molecule has 0 aromatic heterocycles. The first-order chi connectivity index (χ1) is 14.8. The summed E-state index contributed by atoms with van der Waals surface area (Å²) in [5.74, 6) is -0.726. The summed E-state index contributed by atoms with van der Waals surface area (Å²) < 4.78 is 5.46. The second-order valence-corrected chi connectivity index (χ2v) is 6.99.